The molecule has 0 unspecified atom stereocenters. The van der Waals surface area contributed by atoms with E-state index in [2.05, 4.69) is 139 Å². The van der Waals surface area contributed by atoms with Gasteiger partial charge in [-0.15, -0.1) is 10.4 Å². The van der Waals surface area contributed by atoms with Gasteiger partial charge in [-0.3, -0.25) is 0 Å². The molecule has 0 radical (unpaired) electrons. The van der Waals surface area contributed by atoms with Crippen LogP contribution in [0.15, 0.2) is 48.5 Å². The van der Waals surface area contributed by atoms with Crippen molar-refractivity contribution in [1.29, 1.82) is 0 Å². The van der Waals surface area contributed by atoms with Gasteiger partial charge in [0.15, 0.2) is 0 Å². The zero-order chi connectivity index (χ0) is 23.3. The molecule has 0 saturated heterocycles. The van der Waals surface area contributed by atoms with Gasteiger partial charge in [0.05, 0.1) is 16.5 Å². The minimum absolute atomic E-state index is 0. The van der Waals surface area contributed by atoms with Gasteiger partial charge in [0, 0.05) is 0 Å². The maximum Gasteiger partial charge on any atom is 4.00 e. The molecule has 0 fully saturated rings. The molecule has 0 aliphatic carbocycles. The van der Waals surface area contributed by atoms with Gasteiger partial charge in [-0.05, 0) is 24.2 Å². The predicted octanol–water partition coefficient (Wildman–Crippen LogP) is -0.122. The van der Waals surface area contributed by atoms with E-state index in [4.69, 9.17) is 0 Å². The van der Waals surface area contributed by atoms with Crippen LogP contribution in [0.25, 0.3) is 0 Å². The van der Waals surface area contributed by atoms with E-state index >= 15 is 0 Å². The molecule has 7 heteroatoms. The van der Waals surface area contributed by atoms with Crippen molar-refractivity contribution in [2.24, 2.45) is 0 Å². The van der Waals surface area contributed by atoms with Crippen molar-refractivity contribution < 1.29 is 35.6 Å². The maximum atomic E-state index is 2.70. The second kappa shape index (κ2) is 15.7. The summed E-state index contributed by atoms with van der Waals surface area (Å²) in [6.45, 7) is 28.2. The van der Waals surface area contributed by atoms with Gasteiger partial charge in [0.1, 0.15) is 0 Å². The summed E-state index contributed by atoms with van der Waals surface area (Å²) in [4.78, 5) is 0. The van der Waals surface area contributed by atoms with E-state index in [1.807, 2.05) is 0 Å². The van der Waals surface area contributed by atoms with Crippen molar-refractivity contribution in [3.63, 3.8) is 0 Å². The van der Waals surface area contributed by atoms with E-state index in [1.165, 1.54) is 0 Å². The standard InChI is InChI=1S/2C13H24NSi.2FH.Zr/c2*1-11(2)14(12(3)4)15(5,6)13-9-7-8-10-13;;;/h2*7-12H,1-6H3;2*1H;/q2*-1;;;+4/p-2. The molecular formula is C26H48F2N2Si2Zr. The molecule has 0 aliphatic rings. The Balaban J connectivity index is -0.000000500. The van der Waals surface area contributed by atoms with E-state index in [0.717, 1.165) is 0 Å². The van der Waals surface area contributed by atoms with E-state index in [1.54, 1.807) is 10.4 Å². The number of halogens is 2. The largest absolute Gasteiger partial charge is 4.00 e. The third kappa shape index (κ3) is 9.75. The van der Waals surface area contributed by atoms with Crippen LogP contribution in [0, 0.1) is 0 Å². The molecule has 2 aromatic carbocycles. The molecule has 0 atom stereocenters. The molecular weight excluding hydrogens is 526 g/mol. The molecule has 0 N–H and O–H groups in total. The first-order valence-corrected chi connectivity index (χ1v) is 17.6. The third-order valence-corrected chi connectivity index (χ3v) is 14.4. The van der Waals surface area contributed by atoms with Crippen molar-refractivity contribution in [1.82, 2.24) is 9.13 Å². The van der Waals surface area contributed by atoms with Gasteiger partial charge in [-0.1, -0.05) is 81.6 Å². The van der Waals surface area contributed by atoms with Crippen LogP contribution in [-0.4, -0.2) is 49.8 Å². The Bertz CT molecular complexity index is 634. The van der Waals surface area contributed by atoms with Crippen LogP contribution in [0.1, 0.15) is 55.4 Å². The minimum Gasteiger partial charge on any atom is -1.00 e. The molecule has 0 heterocycles. The Labute approximate surface area is 224 Å². The smallest absolute Gasteiger partial charge is 1.00 e. The Kier molecular flexibility index (Phi) is 17.8. The van der Waals surface area contributed by atoms with Crippen molar-refractivity contribution in [3.8, 4) is 0 Å². The first-order chi connectivity index (χ1) is 13.7. The minimum atomic E-state index is -1.45. The summed E-state index contributed by atoms with van der Waals surface area (Å²) in [5, 5.41) is 3.09. The molecule has 2 rings (SSSR count). The Hall–Kier alpha value is -0.203. The van der Waals surface area contributed by atoms with Gasteiger partial charge in [0.2, 0.25) is 0 Å². The average Bonchev–Trinajstić information content (AvgIpc) is 3.28. The van der Waals surface area contributed by atoms with Crippen LogP contribution in [0.4, 0.5) is 0 Å². The molecule has 0 aliphatic heterocycles. The fourth-order valence-corrected chi connectivity index (χ4v) is 13.4. The first-order valence-electron chi connectivity index (χ1n) is 11.8. The predicted molar refractivity (Wildman–Crippen MR) is 143 cm³/mol. The van der Waals surface area contributed by atoms with E-state index in [0.29, 0.717) is 24.2 Å². The molecule has 33 heavy (non-hydrogen) atoms. The zero-order valence-electron chi connectivity index (χ0n) is 23.1. The number of nitrogens with zero attached hydrogens (tertiary/aromatic N) is 2. The maximum absolute atomic E-state index is 2.70. The van der Waals surface area contributed by atoms with Crippen LogP contribution >= 0.6 is 0 Å². The number of rotatable bonds is 8. The quantitative estimate of drug-likeness (QED) is 0.321. The van der Waals surface area contributed by atoms with E-state index in [9.17, 15) is 0 Å². The Morgan fingerprint density at radius 2 is 0.667 bits per heavy atom. The van der Waals surface area contributed by atoms with Gasteiger partial charge in [0.25, 0.3) is 0 Å². The first kappa shape index (κ1) is 37.3. The fraction of sp³-hybridized carbons (Fsp3) is 0.615. The Morgan fingerprint density at radius 3 is 0.818 bits per heavy atom. The summed E-state index contributed by atoms with van der Waals surface area (Å²) in [6, 6.07) is 20.3. The summed E-state index contributed by atoms with van der Waals surface area (Å²) in [7, 11) is -2.90. The Morgan fingerprint density at radius 1 is 0.485 bits per heavy atom. The average molecular weight is 574 g/mol. The third-order valence-electron chi connectivity index (χ3n) is 6.25. The topological polar surface area (TPSA) is 6.48 Å². The second-order valence-corrected chi connectivity index (χ2v) is 19.1. The van der Waals surface area contributed by atoms with Crippen molar-refractivity contribution in [3.05, 3.63) is 48.5 Å². The van der Waals surface area contributed by atoms with Crippen LogP contribution in [0.5, 0.6) is 0 Å². The van der Waals surface area contributed by atoms with Crippen LogP contribution in [-0.2, 0) is 26.2 Å². The molecule has 0 bridgehead atoms. The molecule has 0 spiro atoms. The van der Waals surface area contributed by atoms with E-state index in [-0.39, 0.29) is 35.6 Å². The summed E-state index contributed by atoms with van der Waals surface area (Å²) < 4.78 is 5.39. The summed E-state index contributed by atoms with van der Waals surface area (Å²) in [5.74, 6) is 0. The van der Waals surface area contributed by atoms with Gasteiger partial charge < -0.3 is 18.5 Å². The molecule has 2 nitrogen and oxygen atoms in total. The molecule has 0 saturated carbocycles. The van der Waals surface area contributed by atoms with E-state index < -0.39 is 16.5 Å². The van der Waals surface area contributed by atoms with Crippen LogP contribution in [0.2, 0.25) is 26.2 Å². The molecule has 2 aromatic rings. The van der Waals surface area contributed by atoms with Crippen LogP contribution < -0.4 is 19.8 Å². The second-order valence-electron chi connectivity index (χ2n) is 10.7. The van der Waals surface area contributed by atoms with Gasteiger partial charge in [-0.2, -0.15) is 24.3 Å². The number of hydrogen-bond donors (Lipinski definition) is 0. The zero-order valence-corrected chi connectivity index (χ0v) is 27.5. The van der Waals surface area contributed by atoms with Crippen LogP contribution in [0.3, 0.4) is 0 Å². The summed E-state index contributed by atoms with van der Waals surface area (Å²) in [5.41, 5.74) is 0. The van der Waals surface area contributed by atoms with Crippen molar-refractivity contribution in [2.45, 2.75) is 106 Å². The van der Waals surface area contributed by atoms with Crippen molar-refractivity contribution >= 4 is 26.8 Å². The molecule has 0 aromatic heterocycles. The fourth-order valence-electron chi connectivity index (χ4n) is 5.64. The summed E-state index contributed by atoms with van der Waals surface area (Å²) >= 11 is 0. The van der Waals surface area contributed by atoms with Gasteiger partial charge >= 0.3 is 26.2 Å². The monoisotopic (exact) mass is 572 g/mol. The SMILES string of the molecule is CC(C)N(C(C)C)[Si](C)(C)[c-]1cccc1.CC(C)N(C(C)C)[Si](C)(C)[c-]1cccc1.[F-].[F-].[Zr+4]. The van der Waals surface area contributed by atoms with Crippen molar-refractivity contribution in [2.75, 3.05) is 0 Å². The normalized spacial score (nSPS) is 11.9. The van der Waals surface area contributed by atoms with Gasteiger partial charge in [-0.25, -0.2) is 24.3 Å². The summed E-state index contributed by atoms with van der Waals surface area (Å²) in [6.07, 6.45) is 0. The molecule has 0 amide bonds. The molecule has 188 valence electrons. The number of hydrogen-bond acceptors (Lipinski definition) is 2.